The van der Waals surface area contributed by atoms with Gasteiger partial charge >= 0.3 is 0 Å². The first kappa shape index (κ1) is 14.4. The van der Waals surface area contributed by atoms with Gasteiger partial charge < -0.3 is 14.7 Å². The Hall–Kier alpha value is -0.970. The second-order valence-corrected chi connectivity index (χ2v) is 5.02. The van der Waals surface area contributed by atoms with Crippen LogP contribution in [0.4, 0.5) is 4.39 Å². The SMILES string of the molecule is OCCCN1CCC(OCc2ccccc2F)CC1. The minimum atomic E-state index is -0.192. The molecule has 1 saturated heterocycles. The van der Waals surface area contributed by atoms with E-state index in [1.165, 1.54) is 6.07 Å². The molecular weight excluding hydrogens is 245 g/mol. The molecule has 1 fully saturated rings. The molecule has 4 heteroatoms. The zero-order chi connectivity index (χ0) is 13.5. The van der Waals surface area contributed by atoms with Gasteiger partial charge in [0.1, 0.15) is 5.82 Å². The summed E-state index contributed by atoms with van der Waals surface area (Å²) >= 11 is 0. The quantitative estimate of drug-likeness (QED) is 0.857. The van der Waals surface area contributed by atoms with Crippen LogP contribution in [0.15, 0.2) is 24.3 Å². The maximum absolute atomic E-state index is 13.4. The standard InChI is InChI=1S/C15H22FNO2/c16-15-5-2-1-4-13(15)12-19-14-6-9-17(10-7-14)8-3-11-18/h1-2,4-5,14,18H,3,6-12H2. The molecule has 0 aromatic heterocycles. The molecule has 1 aliphatic rings. The predicted molar refractivity (Wildman–Crippen MR) is 72.4 cm³/mol. The highest BCUT2D eigenvalue weighted by atomic mass is 19.1. The maximum Gasteiger partial charge on any atom is 0.128 e. The highest BCUT2D eigenvalue weighted by Gasteiger charge is 2.19. The molecule has 0 saturated carbocycles. The third-order valence-corrected chi connectivity index (χ3v) is 3.60. The summed E-state index contributed by atoms with van der Waals surface area (Å²) in [6, 6.07) is 6.76. The number of aliphatic hydroxyl groups excluding tert-OH is 1. The molecule has 1 aromatic carbocycles. The van der Waals surface area contributed by atoms with Gasteiger partial charge in [-0.15, -0.1) is 0 Å². The van der Waals surface area contributed by atoms with Crippen LogP contribution in [0.2, 0.25) is 0 Å². The van der Waals surface area contributed by atoms with Gasteiger partial charge in [0.2, 0.25) is 0 Å². The van der Waals surface area contributed by atoms with Crippen LogP contribution in [0.5, 0.6) is 0 Å². The summed E-state index contributed by atoms with van der Waals surface area (Å²) in [6.45, 7) is 3.57. The number of likely N-dealkylation sites (tertiary alicyclic amines) is 1. The molecule has 1 aliphatic heterocycles. The summed E-state index contributed by atoms with van der Waals surface area (Å²) in [5.74, 6) is -0.192. The molecule has 1 heterocycles. The average Bonchev–Trinajstić information content (AvgIpc) is 2.45. The van der Waals surface area contributed by atoms with E-state index in [9.17, 15) is 4.39 Å². The van der Waals surface area contributed by atoms with E-state index in [4.69, 9.17) is 9.84 Å². The number of piperidine rings is 1. The van der Waals surface area contributed by atoms with Crippen LogP contribution in [-0.2, 0) is 11.3 Å². The zero-order valence-corrected chi connectivity index (χ0v) is 11.2. The second kappa shape index (κ2) is 7.58. The molecule has 0 unspecified atom stereocenters. The summed E-state index contributed by atoms with van der Waals surface area (Å²) in [4.78, 5) is 2.35. The van der Waals surface area contributed by atoms with Gasteiger partial charge in [-0.1, -0.05) is 18.2 Å². The highest BCUT2D eigenvalue weighted by Crippen LogP contribution is 2.16. The van der Waals surface area contributed by atoms with Gasteiger partial charge in [0.15, 0.2) is 0 Å². The molecule has 19 heavy (non-hydrogen) atoms. The minimum Gasteiger partial charge on any atom is -0.396 e. The van der Waals surface area contributed by atoms with Crippen LogP contribution in [0.3, 0.4) is 0 Å². The van der Waals surface area contributed by atoms with Crippen molar-refractivity contribution in [1.29, 1.82) is 0 Å². The molecule has 2 rings (SSSR count). The molecule has 0 amide bonds. The van der Waals surface area contributed by atoms with E-state index in [0.717, 1.165) is 38.9 Å². The number of benzene rings is 1. The Kier molecular flexibility index (Phi) is 5.76. The van der Waals surface area contributed by atoms with Crippen molar-refractivity contribution in [2.45, 2.75) is 32.0 Å². The fourth-order valence-corrected chi connectivity index (χ4v) is 2.42. The summed E-state index contributed by atoms with van der Waals surface area (Å²) < 4.78 is 19.2. The minimum absolute atomic E-state index is 0.192. The van der Waals surface area contributed by atoms with Gasteiger partial charge in [-0.2, -0.15) is 0 Å². The van der Waals surface area contributed by atoms with Crippen molar-refractivity contribution in [2.24, 2.45) is 0 Å². The van der Waals surface area contributed by atoms with Gasteiger partial charge in [-0.25, -0.2) is 4.39 Å². The van der Waals surface area contributed by atoms with Crippen LogP contribution in [0.1, 0.15) is 24.8 Å². The Labute approximate surface area is 114 Å². The fraction of sp³-hybridized carbons (Fsp3) is 0.600. The summed E-state index contributed by atoms with van der Waals surface area (Å²) in [6.07, 6.45) is 3.03. The fourth-order valence-electron chi connectivity index (χ4n) is 2.42. The van der Waals surface area contributed by atoms with Gasteiger partial charge in [-0.3, -0.25) is 0 Å². The summed E-state index contributed by atoms with van der Waals surface area (Å²) in [5, 5.41) is 8.80. The van der Waals surface area contributed by atoms with E-state index in [2.05, 4.69) is 4.90 Å². The van der Waals surface area contributed by atoms with Gasteiger partial charge in [0.25, 0.3) is 0 Å². The number of hydrogen-bond acceptors (Lipinski definition) is 3. The Morgan fingerprint density at radius 3 is 2.68 bits per heavy atom. The van der Waals surface area contributed by atoms with E-state index in [1.807, 2.05) is 6.07 Å². The lowest BCUT2D eigenvalue weighted by Crippen LogP contribution is -2.37. The molecule has 106 valence electrons. The number of nitrogens with zero attached hydrogens (tertiary/aromatic N) is 1. The van der Waals surface area contributed by atoms with Crippen molar-refractivity contribution in [3.63, 3.8) is 0 Å². The second-order valence-electron chi connectivity index (χ2n) is 5.02. The molecule has 1 aromatic rings. The van der Waals surface area contributed by atoms with Crippen LogP contribution in [0.25, 0.3) is 0 Å². The Morgan fingerprint density at radius 1 is 1.26 bits per heavy atom. The summed E-state index contributed by atoms with van der Waals surface area (Å²) in [5.41, 5.74) is 0.630. The van der Waals surface area contributed by atoms with E-state index in [0.29, 0.717) is 12.2 Å². The van der Waals surface area contributed by atoms with E-state index >= 15 is 0 Å². The Balaban J connectivity index is 1.70. The topological polar surface area (TPSA) is 32.7 Å². The van der Waals surface area contributed by atoms with E-state index in [-0.39, 0.29) is 18.5 Å². The zero-order valence-electron chi connectivity index (χ0n) is 11.2. The van der Waals surface area contributed by atoms with Crippen molar-refractivity contribution in [2.75, 3.05) is 26.2 Å². The van der Waals surface area contributed by atoms with E-state index in [1.54, 1.807) is 12.1 Å². The smallest absolute Gasteiger partial charge is 0.128 e. The molecular formula is C15H22FNO2. The monoisotopic (exact) mass is 267 g/mol. The van der Waals surface area contributed by atoms with Crippen LogP contribution in [-0.4, -0.2) is 42.4 Å². The molecule has 0 spiro atoms. The summed E-state index contributed by atoms with van der Waals surface area (Å²) in [7, 11) is 0. The van der Waals surface area contributed by atoms with Crippen LogP contribution < -0.4 is 0 Å². The predicted octanol–water partition coefficient (Wildman–Crippen LogP) is 2.19. The first-order chi connectivity index (χ1) is 9.29. The molecule has 0 radical (unpaired) electrons. The van der Waals surface area contributed by atoms with Crippen molar-refractivity contribution >= 4 is 0 Å². The Bertz CT molecular complexity index is 378. The molecule has 0 bridgehead atoms. The largest absolute Gasteiger partial charge is 0.396 e. The van der Waals surface area contributed by atoms with Gasteiger partial charge in [0, 0.05) is 31.8 Å². The number of ether oxygens (including phenoxy) is 1. The van der Waals surface area contributed by atoms with Crippen molar-refractivity contribution in [3.8, 4) is 0 Å². The number of aliphatic hydroxyl groups is 1. The first-order valence-corrected chi connectivity index (χ1v) is 6.98. The number of halogens is 1. The number of hydrogen-bond donors (Lipinski definition) is 1. The maximum atomic E-state index is 13.4. The lowest BCUT2D eigenvalue weighted by Gasteiger charge is -2.31. The van der Waals surface area contributed by atoms with Crippen LogP contribution in [0, 0.1) is 5.82 Å². The Morgan fingerprint density at radius 2 is 2.00 bits per heavy atom. The highest BCUT2D eigenvalue weighted by molar-refractivity contribution is 5.16. The van der Waals surface area contributed by atoms with Crippen LogP contribution >= 0.6 is 0 Å². The average molecular weight is 267 g/mol. The number of rotatable bonds is 6. The molecule has 3 nitrogen and oxygen atoms in total. The molecule has 0 aliphatic carbocycles. The van der Waals surface area contributed by atoms with Crippen molar-refractivity contribution < 1.29 is 14.2 Å². The first-order valence-electron chi connectivity index (χ1n) is 6.98. The third kappa shape index (κ3) is 4.56. The normalized spacial score (nSPS) is 17.8. The molecule has 1 N–H and O–H groups in total. The lowest BCUT2D eigenvalue weighted by atomic mass is 10.1. The van der Waals surface area contributed by atoms with Crippen molar-refractivity contribution in [3.05, 3.63) is 35.6 Å². The van der Waals surface area contributed by atoms with Crippen molar-refractivity contribution in [1.82, 2.24) is 4.90 Å². The third-order valence-electron chi connectivity index (χ3n) is 3.60. The van der Waals surface area contributed by atoms with Gasteiger partial charge in [-0.05, 0) is 25.3 Å². The van der Waals surface area contributed by atoms with Gasteiger partial charge in [0.05, 0.1) is 12.7 Å². The van der Waals surface area contributed by atoms with E-state index < -0.39 is 0 Å². The lowest BCUT2D eigenvalue weighted by molar-refractivity contribution is -0.00416. The molecule has 0 atom stereocenters.